The SMILES string of the molecule is Cc1cc(OCCCN2CCOCC2)cc(C)c1-c1cccc(C=O)c1. The number of hydrogen-bond donors (Lipinski definition) is 0. The minimum atomic E-state index is 0.699. The van der Waals surface area contributed by atoms with E-state index in [0.717, 1.165) is 74.6 Å². The van der Waals surface area contributed by atoms with Crippen molar-refractivity contribution in [1.82, 2.24) is 4.90 Å². The molecule has 0 N–H and O–H groups in total. The first-order valence-electron chi connectivity index (χ1n) is 9.27. The van der Waals surface area contributed by atoms with E-state index in [0.29, 0.717) is 5.56 Å². The van der Waals surface area contributed by atoms with E-state index in [-0.39, 0.29) is 0 Å². The summed E-state index contributed by atoms with van der Waals surface area (Å²) in [5.74, 6) is 0.914. The van der Waals surface area contributed by atoms with Gasteiger partial charge in [0, 0.05) is 25.2 Å². The van der Waals surface area contributed by atoms with Gasteiger partial charge in [-0.05, 0) is 60.7 Å². The lowest BCUT2D eigenvalue weighted by Gasteiger charge is -2.26. The second-order valence-electron chi connectivity index (χ2n) is 6.83. The van der Waals surface area contributed by atoms with E-state index in [1.165, 1.54) is 5.56 Å². The fourth-order valence-electron chi connectivity index (χ4n) is 3.53. The van der Waals surface area contributed by atoms with E-state index in [1.54, 1.807) is 0 Å². The summed E-state index contributed by atoms with van der Waals surface area (Å²) in [6.07, 6.45) is 1.90. The number of nitrogens with zero attached hydrogens (tertiary/aromatic N) is 1. The number of aldehydes is 1. The van der Waals surface area contributed by atoms with Gasteiger partial charge in [0.05, 0.1) is 19.8 Å². The Kier molecular flexibility index (Phi) is 6.42. The summed E-state index contributed by atoms with van der Waals surface area (Å²) in [7, 11) is 0. The number of benzene rings is 2. The van der Waals surface area contributed by atoms with Crippen LogP contribution in [0.15, 0.2) is 36.4 Å². The smallest absolute Gasteiger partial charge is 0.150 e. The number of ether oxygens (including phenoxy) is 2. The van der Waals surface area contributed by atoms with Crippen LogP contribution < -0.4 is 4.74 Å². The summed E-state index contributed by atoms with van der Waals surface area (Å²) in [5, 5.41) is 0. The molecule has 0 atom stereocenters. The second kappa shape index (κ2) is 8.97. The predicted molar refractivity (Wildman–Crippen MR) is 104 cm³/mol. The van der Waals surface area contributed by atoms with Crippen LogP contribution in [0, 0.1) is 13.8 Å². The van der Waals surface area contributed by atoms with E-state index in [2.05, 4.69) is 30.9 Å². The molecule has 0 aromatic heterocycles. The predicted octanol–water partition coefficient (Wildman–Crippen LogP) is 3.88. The molecule has 1 aliphatic heterocycles. The Bertz CT molecular complexity index is 728. The lowest BCUT2D eigenvalue weighted by atomic mass is 9.94. The lowest BCUT2D eigenvalue weighted by molar-refractivity contribution is 0.0358. The molecule has 4 nitrogen and oxygen atoms in total. The molecule has 138 valence electrons. The molecule has 0 unspecified atom stereocenters. The second-order valence-corrected chi connectivity index (χ2v) is 6.83. The van der Waals surface area contributed by atoms with E-state index in [1.807, 2.05) is 24.3 Å². The standard InChI is InChI=1S/C22H27NO3/c1-17-13-21(26-10-4-7-23-8-11-25-12-9-23)14-18(2)22(17)20-6-3-5-19(15-20)16-24/h3,5-6,13-16H,4,7-12H2,1-2H3. The zero-order chi connectivity index (χ0) is 18.4. The van der Waals surface area contributed by atoms with Crippen LogP contribution in [0.3, 0.4) is 0 Å². The van der Waals surface area contributed by atoms with Crippen LogP contribution in [-0.2, 0) is 4.74 Å². The normalized spacial score (nSPS) is 15.0. The maximum atomic E-state index is 11.0. The number of hydrogen-bond acceptors (Lipinski definition) is 4. The van der Waals surface area contributed by atoms with Crippen molar-refractivity contribution in [3.05, 3.63) is 53.1 Å². The molecular formula is C22H27NO3. The summed E-state index contributed by atoms with van der Waals surface area (Å²) >= 11 is 0. The summed E-state index contributed by atoms with van der Waals surface area (Å²) in [6.45, 7) is 9.68. The van der Waals surface area contributed by atoms with Crippen molar-refractivity contribution >= 4 is 6.29 Å². The van der Waals surface area contributed by atoms with Crippen molar-refractivity contribution in [2.75, 3.05) is 39.5 Å². The third-order valence-corrected chi connectivity index (χ3v) is 4.81. The van der Waals surface area contributed by atoms with Crippen molar-refractivity contribution in [3.8, 4) is 16.9 Å². The summed E-state index contributed by atoms with van der Waals surface area (Å²) in [5.41, 5.74) is 5.27. The number of carbonyl (C=O) groups excluding carboxylic acids is 1. The first-order chi connectivity index (χ1) is 12.7. The number of carbonyl (C=O) groups is 1. The van der Waals surface area contributed by atoms with E-state index in [4.69, 9.17) is 9.47 Å². The third kappa shape index (κ3) is 4.71. The average molecular weight is 353 g/mol. The zero-order valence-corrected chi connectivity index (χ0v) is 15.7. The molecule has 0 aliphatic carbocycles. The van der Waals surface area contributed by atoms with Gasteiger partial charge in [-0.3, -0.25) is 9.69 Å². The Labute approximate surface area is 155 Å². The molecule has 2 aromatic carbocycles. The van der Waals surface area contributed by atoms with Crippen molar-refractivity contribution in [2.24, 2.45) is 0 Å². The van der Waals surface area contributed by atoms with E-state index < -0.39 is 0 Å². The first-order valence-corrected chi connectivity index (χ1v) is 9.27. The average Bonchev–Trinajstić information content (AvgIpc) is 2.66. The Morgan fingerprint density at radius 2 is 1.85 bits per heavy atom. The Morgan fingerprint density at radius 1 is 1.12 bits per heavy atom. The third-order valence-electron chi connectivity index (χ3n) is 4.81. The highest BCUT2D eigenvalue weighted by Crippen LogP contribution is 2.31. The monoisotopic (exact) mass is 353 g/mol. The van der Waals surface area contributed by atoms with Crippen molar-refractivity contribution < 1.29 is 14.3 Å². The van der Waals surface area contributed by atoms with Gasteiger partial charge >= 0.3 is 0 Å². The fraction of sp³-hybridized carbons (Fsp3) is 0.409. The van der Waals surface area contributed by atoms with Gasteiger partial charge in [-0.2, -0.15) is 0 Å². The summed E-state index contributed by atoms with van der Waals surface area (Å²) in [6, 6.07) is 11.9. The van der Waals surface area contributed by atoms with Crippen LogP contribution in [-0.4, -0.2) is 50.6 Å². The van der Waals surface area contributed by atoms with Crippen LogP contribution in [0.1, 0.15) is 27.9 Å². The maximum Gasteiger partial charge on any atom is 0.150 e. The highest BCUT2D eigenvalue weighted by molar-refractivity contribution is 5.80. The van der Waals surface area contributed by atoms with Gasteiger partial charge in [-0.15, -0.1) is 0 Å². The molecule has 1 fully saturated rings. The van der Waals surface area contributed by atoms with Crippen LogP contribution >= 0.6 is 0 Å². The van der Waals surface area contributed by atoms with Gasteiger partial charge in [0.1, 0.15) is 12.0 Å². The molecule has 0 bridgehead atoms. The van der Waals surface area contributed by atoms with E-state index >= 15 is 0 Å². The molecule has 0 saturated carbocycles. The van der Waals surface area contributed by atoms with Crippen molar-refractivity contribution in [2.45, 2.75) is 20.3 Å². The summed E-state index contributed by atoms with van der Waals surface area (Å²) in [4.78, 5) is 13.5. The van der Waals surface area contributed by atoms with Crippen molar-refractivity contribution in [3.63, 3.8) is 0 Å². The minimum Gasteiger partial charge on any atom is -0.494 e. The minimum absolute atomic E-state index is 0.699. The quantitative estimate of drug-likeness (QED) is 0.559. The Morgan fingerprint density at radius 3 is 2.54 bits per heavy atom. The van der Waals surface area contributed by atoms with Gasteiger partial charge in [0.15, 0.2) is 0 Å². The topological polar surface area (TPSA) is 38.8 Å². The van der Waals surface area contributed by atoms with Gasteiger partial charge in [0.2, 0.25) is 0 Å². The van der Waals surface area contributed by atoms with Crippen LogP contribution in [0.25, 0.3) is 11.1 Å². The largest absolute Gasteiger partial charge is 0.494 e. The molecule has 0 spiro atoms. The lowest BCUT2D eigenvalue weighted by Crippen LogP contribution is -2.37. The van der Waals surface area contributed by atoms with Gasteiger partial charge in [-0.25, -0.2) is 0 Å². The molecule has 1 saturated heterocycles. The van der Waals surface area contributed by atoms with Crippen LogP contribution in [0.5, 0.6) is 5.75 Å². The van der Waals surface area contributed by atoms with Crippen molar-refractivity contribution in [1.29, 1.82) is 0 Å². The molecule has 2 aromatic rings. The molecule has 3 rings (SSSR count). The number of aryl methyl sites for hydroxylation is 2. The Hall–Kier alpha value is -2.17. The highest BCUT2D eigenvalue weighted by Gasteiger charge is 2.11. The molecular weight excluding hydrogens is 326 g/mol. The highest BCUT2D eigenvalue weighted by atomic mass is 16.5. The molecule has 4 heteroatoms. The number of rotatable bonds is 7. The first kappa shape index (κ1) is 18.6. The molecule has 26 heavy (non-hydrogen) atoms. The van der Waals surface area contributed by atoms with Gasteiger partial charge in [0.25, 0.3) is 0 Å². The molecule has 1 aliphatic rings. The molecule has 1 heterocycles. The summed E-state index contributed by atoms with van der Waals surface area (Å²) < 4.78 is 11.4. The zero-order valence-electron chi connectivity index (χ0n) is 15.7. The van der Waals surface area contributed by atoms with E-state index in [9.17, 15) is 4.79 Å². The number of morpholine rings is 1. The maximum absolute atomic E-state index is 11.0. The molecule has 0 amide bonds. The van der Waals surface area contributed by atoms with Crippen LogP contribution in [0.4, 0.5) is 0 Å². The van der Waals surface area contributed by atoms with Crippen LogP contribution in [0.2, 0.25) is 0 Å². The van der Waals surface area contributed by atoms with Gasteiger partial charge in [-0.1, -0.05) is 18.2 Å². The Balaban J connectivity index is 1.62. The van der Waals surface area contributed by atoms with Gasteiger partial charge < -0.3 is 9.47 Å². The fourth-order valence-corrected chi connectivity index (χ4v) is 3.53. The molecule has 0 radical (unpaired) electrons.